The van der Waals surface area contributed by atoms with Crippen molar-refractivity contribution in [2.24, 2.45) is 5.73 Å². The molecule has 11 nitrogen and oxygen atoms in total. The molecule has 15 heteroatoms. The summed E-state index contributed by atoms with van der Waals surface area (Å²) in [6.07, 6.45) is -8.83. The summed E-state index contributed by atoms with van der Waals surface area (Å²) >= 11 is 0. The van der Waals surface area contributed by atoms with Crippen molar-refractivity contribution in [1.82, 2.24) is 0 Å². The number of nitrogens with two attached hydrogens (primary N) is 1. The number of anilines is 2. The van der Waals surface area contributed by atoms with Crippen LogP contribution < -0.4 is 20.7 Å². The van der Waals surface area contributed by atoms with Crippen LogP contribution in [0.5, 0.6) is 5.75 Å². The first kappa shape index (κ1) is 29.3. The zero-order valence-electron chi connectivity index (χ0n) is 18.7. The number of nitriles is 1. The van der Waals surface area contributed by atoms with Crippen LogP contribution in [-0.4, -0.2) is 59.7 Å². The highest BCUT2D eigenvalue weighted by Crippen LogP contribution is 2.31. The second-order valence-corrected chi connectivity index (χ2v) is 7.44. The monoisotopic (exact) mass is 544 g/mol. The fraction of sp³-hybridized carbons (Fsp3) is 0.273. The number of amides is 2. The maximum absolute atomic E-state index is 13.0. The molecule has 1 heterocycles. The Morgan fingerprint density at radius 2 is 2.00 bits per heavy atom. The molecule has 0 aromatic heterocycles. The van der Waals surface area contributed by atoms with E-state index in [1.165, 1.54) is 18.2 Å². The van der Waals surface area contributed by atoms with Crippen molar-refractivity contribution in [1.29, 1.82) is 5.26 Å². The summed E-state index contributed by atoms with van der Waals surface area (Å²) in [5, 5.41) is 31.4. The molecule has 1 aliphatic rings. The second kappa shape index (κ2) is 11.9. The molecule has 0 spiro atoms. The number of carbonyl (C=O) groups excluding carboxylic acids is 2. The molecular weight excluding hydrogens is 525 g/mol. The summed E-state index contributed by atoms with van der Waals surface area (Å²) in [7, 11) is 0. The average Bonchev–Trinajstić information content (AvgIpc) is 2.82. The molecule has 0 radical (unpaired) electrons. The van der Waals surface area contributed by atoms with Crippen LogP contribution in [0.15, 0.2) is 36.4 Å². The summed E-state index contributed by atoms with van der Waals surface area (Å²) in [5.74, 6) is -4.46. The molecule has 37 heavy (non-hydrogen) atoms. The molecule has 1 fully saturated rings. The van der Waals surface area contributed by atoms with Gasteiger partial charge in [-0.1, -0.05) is 0 Å². The van der Waals surface area contributed by atoms with Gasteiger partial charge in [0.25, 0.3) is 11.8 Å². The van der Waals surface area contributed by atoms with Gasteiger partial charge in [0.1, 0.15) is 5.75 Å². The molecule has 5 N–H and O–H groups in total. The topological polar surface area (TPSA) is 175 Å². The largest absolute Gasteiger partial charge is 0.573 e. The maximum Gasteiger partial charge on any atom is 0.573 e. The number of halogens is 4. The molecule has 0 aliphatic carbocycles. The minimum absolute atomic E-state index is 0. The molecule has 0 saturated carbocycles. The summed E-state index contributed by atoms with van der Waals surface area (Å²) in [4.78, 5) is 38.1. The zero-order chi connectivity index (χ0) is 26.6. The van der Waals surface area contributed by atoms with Gasteiger partial charge >= 0.3 is 12.3 Å². The van der Waals surface area contributed by atoms with E-state index in [0.717, 1.165) is 17.0 Å². The number of carboxylic acids is 1. The number of alkyl halides is 3. The minimum Gasteiger partial charge on any atom is -0.478 e. The van der Waals surface area contributed by atoms with Gasteiger partial charge in [-0.2, -0.15) is 5.26 Å². The first-order valence-corrected chi connectivity index (χ1v) is 10.2. The van der Waals surface area contributed by atoms with E-state index >= 15 is 0 Å². The number of hydrogen-bond acceptors (Lipinski definition) is 8. The first-order chi connectivity index (χ1) is 16.9. The quantitative estimate of drug-likeness (QED) is 0.404. The van der Waals surface area contributed by atoms with Crippen LogP contribution in [0.3, 0.4) is 0 Å². The van der Waals surface area contributed by atoms with Gasteiger partial charge in [-0.15, -0.1) is 25.6 Å². The molecular formula is C22H20ClF3N4O7. The lowest BCUT2D eigenvalue weighted by atomic mass is 10.1. The Balaban J connectivity index is 0.00000481. The smallest absolute Gasteiger partial charge is 0.478 e. The Morgan fingerprint density at radius 3 is 2.59 bits per heavy atom. The first-order valence-electron chi connectivity index (χ1n) is 10.2. The molecule has 3 rings (SSSR count). The van der Waals surface area contributed by atoms with Crippen molar-refractivity contribution in [3.05, 3.63) is 53.1 Å². The predicted octanol–water partition coefficient (Wildman–Crippen LogP) is 1.77. The average molecular weight is 545 g/mol. The Kier molecular flexibility index (Phi) is 9.43. The van der Waals surface area contributed by atoms with Gasteiger partial charge in [-0.3, -0.25) is 9.59 Å². The highest BCUT2D eigenvalue weighted by atomic mass is 35.5. The van der Waals surface area contributed by atoms with E-state index in [9.17, 15) is 37.8 Å². The van der Waals surface area contributed by atoms with Crippen LogP contribution in [0.4, 0.5) is 24.5 Å². The number of hydrogen-bond donors (Lipinski definition) is 4. The van der Waals surface area contributed by atoms with Gasteiger partial charge in [0.2, 0.25) is 0 Å². The number of aliphatic hydroxyl groups excluding tert-OH is 1. The molecule has 2 amide bonds. The van der Waals surface area contributed by atoms with Crippen molar-refractivity contribution in [3.8, 4) is 11.8 Å². The van der Waals surface area contributed by atoms with E-state index in [-0.39, 0.29) is 43.5 Å². The molecule has 0 bridgehead atoms. The summed E-state index contributed by atoms with van der Waals surface area (Å²) in [6, 6.07) is 8.54. The maximum atomic E-state index is 13.0. The van der Waals surface area contributed by atoms with Crippen molar-refractivity contribution in [2.45, 2.75) is 25.1 Å². The number of nitrogens with one attached hydrogen (secondary N) is 1. The highest BCUT2D eigenvalue weighted by molar-refractivity contribution is 6.07. The molecule has 2 aromatic carbocycles. The lowest BCUT2D eigenvalue weighted by Gasteiger charge is -2.34. The van der Waals surface area contributed by atoms with Crippen molar-refractivity contribution in [3.63, 3.8) is 0 Å². The SMILES string of the molecule is Cl.N#Cc1ccc(NC(=O)[C@H](O)[C@H]2OCCN(c3ccc(OC(F)(F)F)cc3C(=O)O)C2=O)cc1CN. The highest BCUT2D eigenvalue weighted by Gasteiger charge is 2.40. The van der Waals surface area contributed by atoms with E-state index in [1.54, 1.807) is 0 Å². The van der Waals surface area contributed by atoms with Crippen LogP contribution >= 0.6 is 12.4 Å². The summed E-state index contributed by atoms with van der Waals surface area (Å²) < 4.78 is 46.5. The van der Waals surface area contributed by atoms with Crippen molar-refractivity contribution < 1.29 is 47.2 Å². The lowest BCUT2D eigenvalue weighted by molar-refractivity contribution is -0.274. The van der Waals surface area contributed by atoms with E-state index in [2.05, 4.69) is 10.1 Å². The van der Waals surface area contributed by atoms with Crippen LogP contribution in [0.1, 0.15) is 21.5 Å². The van der Waals surface area contributed by atoms with Crippen LogP contribution in [0, 0.1) is 11.3 Å². The number of aromatic carboxylic acids is 1. The summed E-state index contributed by atoms with van der Waals surface area (Å²) in [5.41, 5.74) is 5.54. The van der Waals surface area contributed by atoms with Crippen LogP contribution in [0.2, 0.25) is 0 Å². The van der Waals surface area contributed by atoms with Gasteiger partial charge in [-0.25, -0.2) is 4.79 Å². The van der Waals surface area contributed by atoms with Crippen molar-refractivity contribution in [2.75, 3.05) is 23.4 Å². The number of carboxylic acid groups (broad SMARTS) is 1. The van der Waals surface area contributed by atoms with Crippen LogP contribution in [-0.2, 0) is 20.9 Å². The van der Waals surface area contributed by atoms with Crippen LogP contribution in [0.25, 0.3) is 0 Å². The van der Waals surface area contributed by atoms with Gasteiger partial charge in [-0.05, 0) is 42.0 Å². The zero-order valence-corrected chi connectivity index (χ0v) is 19.5. The van der Waals surface area contributed by atoms with Gasteiger partial charge in [0.15, 0.2) is 12.2 Å². The van der Waals surface area contributed by atoms with Gasteiger partial charge in [0, 0.05) is 18.8 Å². The van der Waals surface area contributed by atoms with E-state index in [0.29, 0.717) is 17.2 Å². The van der Waals surface area contributed by atoms with E-state index in [4.69, 9.17) is 15.7 Å². The Labute approximate surface area is 213 Å². The standard InChI is InChI=1S/C22H19F3N4O7.ClH/c23-22(24,25)36-14-3-4-16(15(8-14)21(33)34)29-5-6-35-18(20(29)32)17(30)19(31)28-13-2-1-11(9-26)12(7-13)10-27;/h1-4,7-8,17-18,30H,5-6,10,27H2,(H,28,31)(H,33,34);1H/t17-,18-;/m1./s1. The molecule has 0 unspecified atom stereocenters. The molecule has 2 atom stereocenters. The number of benzene rings is 2. The molecule has 1 aliphatic heterocycles. The lowest BCUT2D eigenvalue weighted by Crippen LogP contribution is -2.55. The third-order valence-corrected chi connectivity index (χ3v) is 5.11. The fourth-order valence-electron chi connectivity index (χ4n) is 3.49. The predicted molar refractivity (Wildman–Crippen MR) is 123 cm³/mol. The molecule has 2 aromatic rings. The number of rotatable bonds is 7. The molecule has 1 saturated heterocycles. The van der Waals surface area contributed by atoms with Crippen molar-refractivity contribution >= 4 is 41.6 Å². The number of carbonyl (C=O) groups is 3. The number of nitrogens with zero attached hydrogens (tertiary/aromatic N) is 2. The number of ether oxygens (including phenoxy) is 2. The second-order valence-electron chi connectivity index (χ2n) is 7.44. The van der Waals surface area contributed by atoms with Gasteiger partial charge < -0.3 is 35.6 Å². The Bertz CT molecular complexity index is 1240. The number of aliphatic hydroxyl groups is 1. The Morgan fingerprint density at radius 1 is 1.30 bits per heavy atom. The summed E-state index contributed by atoms with van der Waals surface area (Å²) in [6.45, 7) is -0.402. The van der Waals surface area contributed by atoms with Gasteiger partial charge in [0.05, 0.1) is 29.5 Å². The Hall–Kier alpha value is -3.90. The third kappa shape index (κ3) is 6.86. The normalized spacial score (nSPS) is 16.3. The van der Waals surface area contributed by atoms with E-state index in [1.807, 2.05) is 6.07 Å². The van der Waals surface area contributed by atoms with E-state index < -0.39 is 47.7 Å². The fourth-order valence-corrected chi connectivity index (χ4v) is 3.49. The number of morpholine rings is 1. The molecule has 198 valence electrons. The third-order valence-electron chi connectivity index (χ3n) is 5.11. The minimum atomic E-state index is -5.06.